The number of amides is 1. The average molecular weight is 347 g/mol. The van der Waals surface area contributed by atoms with Gasteiger partial charge in [-0.15, -0.1) is 0 Å². The first-order valence-corrected chi connectivity index (χ1v) is 8.81. The third-order valence-corrected chi connectivity index (χ3v) is 5.24. The molecule has 0 spiro atoms. The Kier molecular flexibility index (Phi) is 4.11. The standard InChI is InChI=1S/C22H21NO3/c1-14-8-9-16-11-17-13-23(12-15-6-4-3-5-7-15)21(24)19(17)20(18(16)10-14)22(25)26-2/h3-10,20H,11-13H2,1-2H3. The number of nitrogens with zero attached hydrogens (tertiary/aromatic N) is 1. The van der Waals surface area contributed by atoms with E-state index in [4.69, 9.17) is 4.74 Å². The first kappa shape index (κ1) is 16.6. The van der Waals surface area contributed by atoms with E-state index in [1.165, 1.54) is 7.11 Å². The van der Waals surface area contributed by atoms with Gasteiger partial charge in [-0.3, -0.25) is 9.59 Å². The third kappa shape index (κ3) is 2.71. The predicted octanol–water partition coefficient (Wildman–Crippen LogP) is 3.15. The summed E-state index contributed by atoms with van der Waals surface area (Å²) in [5, 5.41) is 0. The van der Waals surface area contributed by atoms with Gasteiger partial charge in [0.15, 0.2) is 0 Å². The number of hydrogen-bond donors (Lipinski definition) is 0. The van der Waals surface area contributed by atoms with E-state index in [1.807, 2.05) is 48.2 Å². The minimum absolute atomic E-state index is 0.0496. The van der Waals surface area contributed by atoms with Crippen LogP contribution in [0.2, 0.25) is 0 Å². The van der Waals surface area contributed by atoms with Crippen molar-refractivity contribution in [2.75, 3.05) is 13.7 Å². The third-order valence-electron chi connectivity index (χ3n) is 5.24. The molecule has 132 valence electrons. The Morgan fingerprint density at radius 1 is 1.19 bits per heavy atom. The zero-order valence-corrected chi connectivity index (χ0v) is 15.0. The Balaban J connectivity index is 1.70. The van der Waals surface area contributed by atoms with Gasteiger partial charge in [-0.2, -0.15) is 0 Å². The van der Waals surface area contributed by atoms with Crippen LogP contribution in [0.15, 0.2) is 59.7 Å². The maximum atomic E-state index is 13.1. The van der Waals surface area contributed by atoms with E-state index in [0.717, 1.165) is 34.2 Å². The number of methoxy groups -OCH3 is 1. The first-order chi connectivity index (χ1) is 12.6. The summed E-state index contributed by atoms with van der Waals surface area (Å²) in [4.78, 5) is 27.5. The molecule has 2 aliphatic rings. The van der Waals surface area contributed by atoms with Crippen LogP contribution in [0.5, 0.6) is 0 Å². The summed E-state index contributed by atoms with van der Waals surface area (Å²) >= 11 is 0. The van der Waals surface area contributed by atoms with Crippen molar-refractivity contribution in [3.8, 4) is 0 Å². The van der Waals surface area contributed by atoms with E-state index in [-0.39, 0.29) is 11.9 Å². The molecule has 26 heavy (non-hydrogen) atoms. The molecule has 1 aliphatic heterocycles. The molecule has 1 aliphatic carbocycles. The molecule has 0 bridgehead atoms. The Hall–Kier alpha value is -2.88. The predicted molar refractivity (Wildman–Crippen MR) is 98.5 cm³/mol. The molecule has 0 N–H and O–H groups in total. The van der Waals surface area contributed by atoms with Crippen LogP contribution in [0.4, 0.5) is 0 Å². The molecule has 2 aromatic carbocycles. The summed E-state index contributed by atoms with van der Waals surface area (Å²) in [7, 11) is 1.38. The van der Waals surface area contributed by atoms with E-state index >= 15 is 0 Å². The fourth-order valence-corrected chi connectivity index (χ4v) is 4.01. The molecule has 4 rings (SSSR count). The van der Waals surface area contributed by atoms with Gasteiger partial charge in [0.2, 0.25) is 0 Å². The van der Waals surface area contributed by atoms with Gasteiger partial charge in [-0.1, -0.05) is 54.1 Å². The summed E-state index contributed by atoms with van der Waals surface area (Å²) in [5.74, 6) is -1.03. The van der Waals surface area contributed by atoms with E-state index in [9.17, 15) is 9.59 Å². The number of rotatable bonds is 3. The minimum atomic E-state index is -0.619. The number of carbonyl (C=O) groups is 2. The lowest BCUT2D eigenvalue weighted by Gasteiger charge is -2.25. The van der Waals surface area contributed by atoms with Crippen molar-refractivity contribution in [3.05, 3.63) is 81.9 Å². The highest BCUT2D eigenvalue weighted by Crippen LogP contribution is 2.41. The van der Waals surface area contributed by atoms with Crippen LogP contribution in [-0.2, 0) is 27.3 Å². The monoisotopic (exact) mass is 347 g/mol. The van der Waals surface area contributed by atoms with Gasteiger partial charge in [0.1, 0.15) is 5.92 Å². The van der Waals surface area contributed by atoms with E-state index in [2.05, 4.69) is 12.1 Å². The van der Waals surface area contributed by atoms with Gasteiger partial charge in [-0.05, 0) is 35.6 Å². The molecular weight excluding hydrogens is 326 g/mol. The average Bonchev–Trinajstić information content (AvgIpc) is 2.95. The number of carbonyl (C=O) groups excluding carboxylic acids is 2. The summed E-state index contributed by atoms with van der Waals surface area (Å²) < 4.78 is 5.05. The van der Waals surface area contributed by atoms with Gasteiger partial charge in [-0.25, -0.2) is 0 Å². The van der Waals surface area contributed by atoms with Crippen molar-refractivity contribution in [2.24, 2.45) is 0 Å². The quantitative estimate of drug-likeness (QED) is 0.802. The summed E-state index contributed by atoms with van der Waals surface area (Å²) in [5.41, 5.74) is 5.84. The Labute approximate surface area is 153 Å². The SMILES string of the molecule is COC(=O)C1C2=C(Cc3ccc(C)cc31)CN(Cc1ccccc1)C2=O. The summed E-state index contributed by atoms with van der Waals surface area (Å²) in [6, 6.07) is 16.1. The van der Waals surface area contributed by atoms with E-state index < -0.39 is 5.92 Å². The fourth-order valence-electron chi connectivity index (χ4n) is 4.01. The first-order valence-electron chi connectivity index (χ1n) is 8.81. The molecule has 0 aromatic heterocycles. The highest BCUT2D eigenvalue weighted by Gasteiger charge is 2.43. The molecule has 1 unspecified atom stereocenters. The number of benzene rings is 2. The van der Waals surface area contributed by atoms with E-state index in [1.54, 1.807) is 0 Å². The van der Waals surface area contributed by atoms with Crippen LogP contribution < -0.4 is 0 Å². The lowest BCUT2D eigenvalue weighted by Crippen LogP contribution is -2.30. The molecule has 2 aromatic rings. The molecule has 4 heteroatoms. The van der Waals surface area contributed by atoms with Crippen molar-refractivity contribution in [2.45, 2.75) is 25.8 Å². The Bertz CT molecular complexity index is 914. The maximum absolute atomic E-state index is 13.1. The number of fused-ring (bicyclic) bond motifs is 1. The largest absolute Gasteiger partial charge is 0.468 e. The zero-order valence-electron chi connectivity index (χ0n) is 15.0. The summed E-state index contributed by atoms with van der Waals surface area (Å²) in [6.07, 6.45) is 0.718. The molecule has 0 radical (unpaired) electrons. The molecule has 1 amide bonds. The fraction of sp³-hybridized carbons (Fsp3) is 0.273. The van der Waals surface area contributed by atoms with Crippen molar-refractivity contribution >= 4 is 11.9 Å². The number of esters is 1. The minimum Gasteiger partial charge on any atom is -0.468 e. The van der Waals surface area contributed by atoms with Gasteiger partial charge >= 0.3 is 5.97 Å². The van der Waals surface area contributed by atoms with Crippen LogP contribution in [-0.4, -0.2) is 30.4 Å². The lowest BCUT2D eigenvalue weighted by atomic mass is 9.78. The highest BCUT2D eigenvalue weighted by molar-refractivity contribution is 6.05. The van der Waals surface area contributed by atoms with Crippen molar-refractivity contribution in [1.29, 1.82) is 0 Å². The normalized spacial score (nSPS) is 18.6. The zero-order chi connectivity index (χ0) is 18.3. The van der Waals surface area contributed by atoms with Crippen molar-refractivity contribution < 1.29 is 14.3 Å². The van der Waals surface area contributed by atoms with Crippen LogP contribution in [0.1, 0.15) is 28.2 Å². The molecule has 1 atom stereocenters. The molecule has 1 heterocycles. The van der Waals surface area contributed by atoms with Crippen LogP contribution in [0.25, 0.3) is 0 Å². The van der Waals surface area contributed by atoms with Gasteiger partial charge in [0, 0.05) is 18.7 Å². The van der Waals surface area contributed by atoms with Crippen LogP contribution in [0, 0.1) is 6.92 Å². The van der Waals surface area contributed by atoms with E-state index in [0.29, 0.717) is 18.7 Å². The number of aryl methyl sites for hydroxylation is 1. The maximum Gasteiger partial charge on any atom is 0.317 e. The second-order valence-electron chi connectivity index (χ2n) is 7.00. The second kappa shape index (κ2) is 6.45. The Morgan fingerprint density at radius 3 is 2.69 bits per heavy atom. The smallest absolute Gasteiger partial charge is 0.317 e. The number of hydrogen-bond acceptors (Lipinski definition) is 3. The van der Waals surface area contributed by atoms with Gasteiger partial charge < -0.3 is 9.64 Å². The molecule has 4 nitrogen and oxygen atoms in total. The topological polar surface area (TPSA) is 46.6 Å². The van der Waals surface area contributed by atoms with Crippen molar-refractivity contribution in [3.63, 3.8) is 0 Å². The number of ether oxygens (including phenoxy) is 1. The van der Waals surface area contributed by atoms with Gasteiger partial charge in [0.25, 0.3) is 5.91 Å². The van der Waals surface area contributed by atoms with Crippen LogP contribution in [0.3, 0.4) is 0 Å². The highest BCUT2D eigenvalue weighted by atomic mass is 16.5. The van der Waals surface area contributed by atoms with Gasteiger partial charge in [0.05, 0.1) is 7.11 Å². The second-order valence-corrected chi connectivity index (χ2v) is 7.00. The molecular formula is C22H21NO3. The molecule has 0 fully saturated rings. The van der Waals surface area contributed by atoms with Crippen molar-refractivity contribution in [1.82, 2.24) is 4.90 Å². The Morgan fingerprint density at radius 2 is 1.96 bits per heavy atom. The van der Waals surface area contributed by atoms with Crippen LogP contribution >= 0.6 is 0 Å². The molecule has 0 saturated carbocycles. The molecule has 0 saturated heterocycles. The summed E-state index contributed by atoms with van der Waals surface area (Å²) in [6.45, 7) is 3.12. The lowest BCUT2D eigenvalue weighted by molar-refractivity contribution is -0.142.